The molecule has 0 spiro atoms. The normalized spacial score (nSPS) is 10.3. The van der Waals surface area contributed by atoms with E-state index in [0.717, 1.165) is 22.3 Å². The minimum absolute atomic E-state index is 0.0532. The maximum absolute atomic E-state index is 13.3. The third-order valence-corrected chi connectivity index (χ3v) is 2.27. The van der Waals surface area contributed by atoms with Crippen molar-refractivity contribution in [2.45, 2.75) is 27.7 Å². The summed E-state index contributed by atoms with van der Waals surface area (Å²) in [7, 11) is 0. The van der Waals surface area contributed by atoms with Crippen LogP contribution in [0.4, 0.5) is 4.39 Å². The van der Waals surface area contributed by atoms with Crippen LogP contribution in [0.2, 0.25) is 0 Å². The summed E-state index contributed by atoms with van der Waals surface area (Å²) < 4.78 is 13.3. The van der Waals surface area contributed by atoms with Crippen molar-refractivity contribution in [3.05, 3.63) is 34.1 Å². The molecule has 0 fully saturated rings. The molecule has 0 saturated carbocycles. The molecule has 0 bridgehead atoms. The molecule has 0 saturated heterocycles. The SMILES string of the molecule is Cc1cc(C)c(C)c(F)c1C. The van der Waals surface area contributed by atoms with Gasteiger partial charge in [0.05, 0.1) is 0 Å². The Hall–Kier alpha value is -0.850. The van der Waals surface area contributed by atoms with Crippen LogP contribution in [-0.4, -0.2) is 0 Å². The molecule has 1 rings (SSSR count). The van der Waals surface area contributed by atoms with Gasteiger partial charge in [-0.15, -0.1) is 0 Å². The molecule has 11 heavy (non-hydrogen) atoms. The van der Waals surface area contributed by atoms with E-state index in [2.05, 4.69) is 0 Å². The van der Waals surface area contributed by atoms with E-state index >= 15 is 0 Å². The third-order valence-electron chi connectivity index (χ3n) is 2.27. The highest BCUT2D eigenvalue weighted by Gasteiger charge is 2.06. The molecule has 0 aliphatic carbocycles. The van der Waals surface area contributed by atoms with Gasteiger partial charge in [0.1, 0.15) is 5.82 Å². The van der Waals surface area contributed by atoms with Gasteiger partial charge in [-0.3, -0.25) is 0 Å². The summed E-state index contributed by atoms with van der Waals surface area (Å²) in [6, 6.07) is 2.02. The molecular weight excluding hydrogens is 139 g/mol. The summed E-state index contributed by atoms with van der Waals surface area (Å²) in [6.07, 6.45) is 0. The number of benzene rings is 1. The Labute approximate surface area is 67.1 Å². The van der Waals surface area contributed by atoms with E-state index in [1.807, 2.05) is 33.8 Å². The predicted molar refractivity (Wildman–Crippen MR) is 45.3 cm³/mol. The molecule has 0 aliphatic heterocycles. The minimum atomic E-state index is -0.0532. The Morgan fingerprint density at radius 1 is 0.909 bits per heavy atom. The highest BCUT2D eigenvalue weighted by atomic mass is 19.1. The van der Waals surface area contributed by atoms with Gasteiger partial charge in [-0.2, -0.15) is 0 Å². The van der Waals surface area contributed by atoms with E-state index < -0.39 is 0 Å². The van der Waals surface area contributed by atoms with Gasteiger partial charge in [0, 0.05) is 0 Å². The van der Waals surface area contributed by atoms with Gasteiger partial charge >= 0.3 is 0 Å². The van der Waals surface area contributed by atoms with Crippen molar-refractivity contribution in [3.63, 3.8) is 0 Å². The van der Waals surface area contributed by atoms with Crippen LogP contribution in [0.15, 0.2) is 6.07 Å². The third kappa shape index (κ3) is 1.28. The first-order valence-corrected chi connectivity index (χ1v) is 3.77. The van der Waals surface area contributed by atoms with E-state index in [1.165, 1.54) is 0 Å². The summed E-state index contributed by atoms with van der Waals surface area (Å²) in [5, 5.41) is 0. The van der Waals surface area contributed by atoms with Crippen LogP contribution in [0.1, 0.15) is 22.3 Å². The van der Waals surface area contributed by atoms with Gasteiger partial charge in [0.15, 0.2) is 0 Å². The summed E-state index contributed by atoms with van der Waals surface area (Å²) in [4.78, 5) is 0. The average Bonchev–Trinajstić information content (AvgIpc) is 1.97. The molecule has 0 N–H and O–H groups in total. The molecule has 60 valence electrons. The fourth-order valence-corrected chi connectivity index (χ4v) is 1.17. The summed E-state index contributed by atoms with van der Waals surface area (Å²) in [5.41, 5.74) is 3.61. The molecule has 1 aromatic rings. The molecule has 0 atom stereocenters. The zero-order valence-electron chi connectivity index (χ0n) is 7.46. The van der Waals surface area contributed by atoms with Crippen molar-refractivity contribution in [1.82, 2.24) is 0 Å². The van der Waals surface area contributed by atoms with Crippen molar-refractivity contribution < 1.29 is 4.39 Å². The highest BCUT2D eigenvalue weighted by Crippen LogP contribution is 2.19. The number of rotatable bonds is 0. The molecular formula is C10H13F. The zero-order valence-corrected chi connectivity index (χ0v) is 7.46. The molecule has 1 heteroatoms. The number of hydrogen-bond donors (Lipinski definition) is 0. The Balaban J connectivity index is 3.46. The van der Waals surface area contributed by atoms with E-state index in [0.29, 0.717) is 0 Å². The first-order valence-electron chi connectivity index (χ1n) is 3.77. The first kappa shape index (κ1) is 8.25. The molecule has 0 nitrogen and oxygen atoms in total. The first-order chi connectivity index (χ1) is 5.04. The van der Waals surface area contributed by atoms with Crippen molar-refractivity contribution in [2.75, 3.05) is 0 Å². The topological polar surface area (TPSA) is 0 Å². The van der Waals surface area contributed by atoms with E-state index in [1.54, 1.807) is 0 Å². The lowest BCUT2D eigenvalue weighted by Crippen LogP contribution is -1.94. The number of halogens is 1. The fraction of sp³-hybridized carbons (Fsp3) is 0.400. The molecule has 0 radical (unpaired) electrons. The van der Waals surface area contributed by atoms with Crippen molar-refractivity contribution in [1.29, 1.82) is 0 Å². The molecule has 1 aromatic carbocycles. The lowest BCUT2D eigenvalue weighted by Gasteiger charge is -2.07. The Morgan fingerprint density at radius 3 is 1.64 bits per heavy atom. The standard InChI is InChI=1S/C10H13F/c1-6-5-7(2)9(4)10(11)8(6)3/h5H,1-4H3. The van der Waals surface area contributed by atoms with Crippen LogP contribution in [0.3, 0.4) is 0 Å². The molecule has 0 aromatic heterocycles. The van der Waals surface area contributed by atoms with Crippen LogP contribution < -0.4 is 0 Å². The highest BCUT2D eigenvalue weighted by molar-refractivity contribution is 5.37. The van der Waals surface area contributed by atoms with E-state index in [4.69, 9.17) is 0 Å². The quantitative estimate of drug-likeness (QED) is 0.536. The van der Waals surface area contributed by atoms with Gasteiger partial charge in [0.25, 0.3) is 0 Å². The Kier molecular flexibility index (Phi) is 1.99. The van der Waals surface area contributed by atoms with Gasteiger partial charge in [-0.1, -0.05) is 6.07 Å². The maximum Gasteiger partial charge on any atom is 0.129 e. The summed E-state index contributed by atoms with van der Waals surface area (Å²) >= 11 is 0. The lowest BCUT2D eigenvalue weighted by molar-refractivity contribution is 0.606. The number of hydrogen-bond acceptors (Lipinski definition) is 0. The maximum atomic E-state index is 13.3. The van der Waals surface area contributed by atoms with Crippen LogP contribution >= 0.6 is 0 Å². The monoisotopic (exact) mass is 152 g/mol. The van der Waals surface area contributed by atoms with Crippen molar-refractivity contribution in [2.24, 2.45) is 0 Å². The van der Waals surface area contributed by atoms with Gasteiger partial charge < -0.3 is 0 Å². The predicted octanol–water partition coefficient (Wildman–Crippen LogP) is 3.06. The summed E-state index contributed by atoms with van der Waals surface area (Å²) in [5.74, 6) is -0.0532. The second-order valence-corrected chi connectivity index (χ2v) is 3.07. The Morgan fingerprint density at radius 2 is 1.27 bits per heavy atom. The van der Waals surface area contributed by atoms with Crippen molar-refractivity contribution in [3.8, 4) is 0 Å². The molecule has 0 amide bonds. The second-order valence-electron chi connectivity index (χ2n) is 3.07. The van der Waals surface area contributed by atoms with Gasteiger partial charge in [-0.25, -0.2) is 4.39 Å². The van der Waals surface area contributed by atoms with Crippen LogP contribution in [0, 0.1) is 33.5 Å². The number of aryl methyl sites for hydroxylation is 2. The zero-order chi connectivity index (χ0) is 8.59. The average molecular weight is 152 g/mol. The van der Waals surface area contributed by atoms with E-state index in [-0.39, 0.29) is 5.82 Å². The fourth-order valence-electron chi connectivity index (χ4n) is 1.17. The van der Waals surface area contributed by atoms with Crippen LogP contribution in [0.25, 0.3) is 0 Å². The molecule has 0 aliphatic rings. The molecule has 0 heterocycles. The minimum Gasteiger partial charge on any atom is -0.206 e. The lowest BCUT2D eigenvalue weighted by atomic mass is 10.0. The van der Waals surface area contributed by atoms with Crippen molar-refractivity contribution >= 4 is 0 Å². The second kappa shape index (κ2) is 2.65. The van der Waals surface area contributed by atoms with Crippen LogP contribution in [-0.2, 0) is 0 Å². The summed E-state index contributed by atoms with van der Waals surface area (Å²) in [6.45, 7) is 7.50. The van der Waals surface area contributed by atoms with Gasteiger partial charge in [-0.05, 0) is 49.9 Å². The smallest absolute Gasteiger partial charge is 0.129 e. The van der Waals surface area contributed by atoms with Gasteiger partial charge in [0.2, 0.25) is 0 Å². The van der Waals surface area contributed by atoms with E-state index in [9.17, 15) is 4.39 Å². The molecule has 0 unspecified atom stereocenters. The largest absolute Gasteiger partial charge is 0.206 e. The Bertz CT molecular complexity index is 261. The van der Waals surface area contributed by atoms with Crippen LogP contribution in [0.5, 0.6) is 0 Å².